The maximum atomic E-state index is 13.1. The van der Waals surface area contributed by atoms with Gasteiger partial charge in [-0.05, 0) is 115 Å². The van der Waals surface area contributed by atoms with E-state index in [1.807, 2.05) is 45.3 Å². The number of ether oxygens (including phenoxy) is 4. The van der Waals surface area contributed by atoms with E-state index < -0.39 is 11.2 Å². The highest BCUT2D eigenvalue weighted by atomic mass is 16.7. The van der Waals surface area contributed by atoms with Crippen LogP contribution in [0.2, 0.25) is 0 Å². The van der Waals surface area contributed by atoms with Crippen LogP contribution in [0.25, 0.3) is 32.9 Å². The number of fused-ring (bicyclic) bond motifs is 2. The molecule has 3 aromatic heterocycles. The Hall–Kier alpha value is -4.82. The number of benzene rings is 2. The summed E-state index contributed by atoms with van der Waals surface area (Å²) in [5.41, 5.74) is 3.08. The molecule has 2 aromatic carbocycles. The molecule has 0 bridgehead atoms. The Morgan fingerprint density at radius 2 is 1.72 bits per heavy atom. The number of aryl methyl sites for hydroxylation is 1. The number of likely N-dealkylation sites (tertiary alicyclic amines) is 1. The Balaban J connectivity index is 1.06. The van der Waals surface area contributed by atoms with E-state index >= 15 is 0 Å². The monoisotopic (exact) mass is 831 g/mol. The number of rotatable bonds is 11. The van der Waals surface area contributed by atoms with Crippen LogP contribution in [0, 0.1) is 0 Å². The molecule has 1 amide bonds. The van der Waals surface area contributed by atoms with Crippen molar-refractivity contribution < 1.29 is 23.7 Å². The Kier molecular flexibility index (Phi) is 11.4. The van der Waals surface area contributed by atoms with Gasteiger partial charge in [0.25, 0.3) is 5.56 Å². The summed E-state index contributed by atoms with van der Waals surface area (Å²) >= 11 is 0. The molecule has 3 saturated heterocycles. The number of nitrogens with zero attached hydrogens (tertiary/aromatic N) is 5. The summed E-state index contributed by atoms with van der Waals surface area (Å²) < 4.78 is 27.4. The zero-order chi connectivity index (χ0) is 42.4. The number of anilines is 1. The van der Waals surface area contributed by atoms with Crippen molar-refractivity contribution in [2.45, 2.75) is 121 Å². The first-order chi connectivity index (χ1) is 29.4. The van der Waals surface area contributed by atoms with Gasteiger partial charge in [-0.1, -0.05) is 36.4 Å². The lowest BCUT2D eigenvalue weighted by Gasteiger charge is -2.45. The number of nitrogens with one attached hydrogen (secondary N) is 2. The molecule has 4 fully saturated rings. The SMILES string of the molecule is Cn1cc(-c2ccc3nc(N4CCC(N5CCC(C)(NC(=O)OC(C)(C)C)CC5)CC4)nc(C(COC4CCCCO4)(OC4CC4)c4ccccc4)c3c2)c2cc[nH]c2c1=O. The van der Waals surface area contributed by atoms with Gasteiger partial charge in [-0.2, -0.15) is 0 Å². The van der Waals surface area contributed by atoms with Crippen molar-refractivity contribution in [1.82, 2.24) is 29.7 Å². The zero-order valence-corrected chi connectivity index (χ0v) is 36.4. The van der Waals surface area contributed by atoms with Crippen molar-refractivity contribution in [1.29, 1.82) is 0 Å². The van der Waals surface area contributed by atoms with E-state index in [0.717, 1.165) is 123 Å². The van der Waals surface area contributed by atoms with Crippen LogP contribution in [0.3, 0.4) is 0 Å². The predicted octanol–water partition coefficient (Wildman–Crippen LogP) is 7.79. The number of amides is 1. The maximum Gasteiger partial charge on any atom is 0.408 e. The van der Waals surface area contributed by atoms with E-state index in [2.05, 4.69) is 69.5 Å². The van der Waals surface area contributed by atoms with Gasteiger partial charge in [0, 0.05) is 80.1 Å². The fraction of sp³-hybridized carbons (Fsp3) is 0.542. The van der Waals surface area contributed by atoms with Crippen LogP contribution in [0.5, 0.6) is 0 Å². The second-order valence-corrected chi connectivity index (χ2v) is 18.9. The Bertz CT molecular complexity index is 2400. The van der Waals surface area contributed by atoms with Crippen molar-refractivity contribution in [3.63, 3.8) is 0 Å². The molecular weight excluding hydrogens is 771 g/mol. The molecule has 13 heteroatoms. The molecule has 0 radical (unpaired) electrons. The normalized spacial score (nSPS) is 21.4. The number of piperidine rings is 2. The minimum atomic E-state index is -1.06. The molecule has 1 aliphatic carbocycles. The van der Waals surface area contributed by atoms with E-state index in [-0.39, 0.29) is 36.2 Å². The number of H-pyrrole nitrogens is 1. The van der Waals surface area contributed by atoms with E-state index in [1.54, 1.807) is 11.6 Å². The van der Waals surface area contributed by atoms with Crippen molar-refractivity contribution in [3.05, 3.63) is 88.6 Å². The van der Waals surface area contributed by atoms with Gasteiger partial charge < -0.3 is 43.6 Å². The summed E-state index contributed by atoms with van der Waals surface area (Å²) in [6, 6.07) is 19.1. The first-order valence-corrected chi connectivity index (χ1v) is 22.3. The average Bonchev–Trinajstić information content (AvgIpc) is 3.94. The molecule has 6 heterocycles. The molecule has 324 valence electrons. The van der Waals surface area contributed by atoms with Crippen LogP contribution in [0.15, 0.2) is 71.8 Å². The van der Waals surface area contributed by atoms with E-state index in [9.17, 15) is 9.59 Å². The van der Waals surface area contributed by atoms with E-state index in [4.69, 9.17) is 28.9 Å². The second-order valence-electron chi connectivity index (χ2n) is 18.9. The lowest BCUT2D eigenvalue weighted by atomic mass is 9.87. The highest BCUT2D eigenvalue weighted by molar-refractivity contribution is 5.97. The zero-order valence-electron chi connectivity index (χ0n) is 36.4. The largest absolute Gasteiger partial charge is 0.444 e. The van der Waals surface area contributed by atoms with E-state index in [1.165, 1.54) is 0 Å². The van der Waals surface area contributed by atoms with Crippen LogP contribution >= 0.6 is 0 Å². The summed E-state index contributed by atoms with van der Waals surface area (Å²) in [6.45, 7) is 12.2. The van der Waals surface area contributed by atoms with Crippen molar-refractivity contribution in [3.8, 4) is 11.1 Å². The number of hydrogen-bond acceptors (Lipinski definition) is 10. The van der Waals surface area contributed by atoms with Gasteiger partial charge in [-0.3, -0.25) is 4.79 Å². The fourth-order valence-electron chi connectivity index (χ4n) is 9.40. The summed E-state index contributed by atoms with van der Waals surface area (Å²) in [5.74, 6) is 0.685. The molecule has 13 nitrogen and oxygen atoms in total. The Labute approximate surface area is 358 Å². The van der Waals surface area contributed by atoms with Crippen LogP contribution in [0.1, 0.15) is 96.7 Å². The van der Waals surface area contributed by atoms with Crippen LogP contribution in [0.4, 0.5) is 10.7 Å². The molecule has 61 heavy (non-hydrogen) atoms. The predicted molar refractivity (Wildman–Crippen MR) is 237 cm³/mol. The number of carbonyl (C=O) groups is 1. The molecule has 9 rings (SSSR count). The first kappa shape index (κ1) is 41.5. The Morgan fingerprint density at radius 1 is 0.951 bits per heavy atom. The molecule has 1 saturated carbocycles. The van der Waals surface area contributed by atoms with Gasteiger partial charge in [0.05, 0.1) is 23.9 Å². The quantitative estimate of drug-likeness (QED) is 0.136. The highest BCUT2D eigenvalue weighted by Gasteiger charge is 2.45. The number of aromatic nitrogens is 4. The summed E-state index contributed by atoms with van der Waals surface area (Å²) in [7, 11) is 1.79. The minimum absolute atomic E-state index is 0.0670. The van der Waals surface area contributed by atoms with Crippen molar-refractivity contribution in [2.24, 2.45) is 7.05 Å². The van der Waals surface area contributed by atoms with E-state index in [0.29, 0.717) is 24.1 Å². The number of pyridine rings is 1. The molecule has 5 aromatic rings. The van der Waals surface area contributed by atoms with Gasteiger partial charge in [-0.25, -0.2) is 14.8 Å². The third-order valence-electron chi connectivity index (χ3n) is 13.0. The number of aromatic amines is 1. The molecule has 4 aliphatic rings. The summed E-state index contributed by atoms with van der Waals surface area (Å²) in [6.07, 6.45) is 11.7. The first-order valence-electron chi connectivity index (χ1n) is 22.3. The van der Waals surface area contributed by atoms with Crippen molar-refractivity contribution >= 4 is 33.8 Å². The summed E-state index contributed by atoms with van der Waals surface area (Å²) in [5, 5.41) is 4.90. The lowest BCUT2D eigenvalue weighted by Crippen LogP contribution is -2.57. The molecule has 3 aliphatic heterocycles. The molecular formula is C48H61N7O6. The molecule has 2 N–H and O–H groups in total. The maximum absolute atomic E-state index is 13.1. The molecule has 0 spiro atoms. The highest BCUT2D eigenvalue weighted by Crippen LogP contribution is 2.44. The number of alkyl carbamates (subject to hydrolysis) is 1. The van der Waals surface area contributed by atoms with Crippen LogP contribution in [-0.2, 0) is 31.6 Å². The number of carbonyl (C=O) groups excluding carboxylic acids is 1. The Morgan fingerprint density at radius 3 is 2.43 bits per heavy atom. The van der Waals surface area contributed by atoms with Gasteiger partial charge in [0.2, 0.25) is 5.95 Å². The fourth-order valence-corrected chi connectivity index (χ4v) is 9.40. The molecule has 2 atom stereocenters. The smallest absolute Gasteiger partial charge is 0.408 e. The summed E-state index contributed by atoms with van der Waals surface area (Å²) in [4.78, 5) is 44.7. The third kappa shape index (κ3) is 8.93. The number of hydrogen-bond donors (Lipinski definition) is 2. The lowest BCUT2D eigenvalue weighted by molar-refractivity contribution is -0.197. The van der Waals surface area contributed by atoms with Crippen LogP contribution in [-0.4, -0.2) is 99.5 Å². The second kappa shape index (κ2) is 16.8. The minimum Gasteiger partial charge on any atom is -0.444 e. The van der Waals surface area contributed by atoms with Gasteiger partial charge in [-0.15, -0.1) is 0 Å². The van der Waals surface area contributed by atoms with Gasteiger partial charge in [0.1, 0.15) is 11.1 Å². The average molecular weight is 832 g/mol. The topological polar surface area (TPSA) is 136 Å². The third-order valence-corrected chi connectivity index (χ3v) is 13.0. The molecule has 2 unspecified atom stereocenters. The van der Waals surface area contributed by atoms with Gasteiger partial charge >= 0.3 is 6.09 Å². The van der Waals surface area contributed by atoms with Crippen LogP contribution < -0.4 is 15.8 Å². The standard InChI is InChI=1S/C48H61N7O6/c1-46(2,3)61-45(57)52-47(4)21-26-54(27-22-47)34-19-24-55(25-20-34)44-50-39-17-14-32(38-30-53(5)43(56)41-36(38)18-23-49-41)29-37(39)42(51-44)48(60-35-15-16-35,33-11-7-6-8-12-33)31-59-40-13-9-10-28-58-40/h6-8,11-12,14,17-18,23,29-30,34-35,40,49H,9-10,13,15-16,19-22,24-28,31H2,1-5H3,(H,52,57). The van der Waals surface area contributed by atoms with Gasteiger partial charge in [0.15, 0.2) is 11.9 Å². The van der Waals surface area contributed by atoms with Crippen molar-refractivity contribution in [2.75, 3.05) is 44.3 Å².